The predicted octanol–water partition coefficient (Wildman–Crippen LogP) is 5.63. The van der Waals surface area contributed by atoms with Crippen molar-refractivity contribution in [3.05, 3.63) is 63.2 Å². The van der Waals surface area contributed by atoms with E-state index in [0.717, 1.165) is 11.3 Å². The first kappa shape index (κ1) is 16.8. The van der Waals surface area contributed by atoms with E-state index in [1.165, 1.54) is 6.20 Å². The van der Waals surface area contributed by atoms with Crippen molar-refractivity contribution in [3.63, 3.8) is 0 Å². The average molecular weight is 381 g/mol. The summed E-state index contributed by atoms with van der Waals surface area (Å²) in [6.07, 6.45) is 1.52. The normalized spacial score (nSPS) is 10.5. The molecule has 5 nitrogen and oxygen atoms in total. The van der Waals surface area contributed by atoms with Gasteiger partial charge in [-0.1, -0.05) is 40.9 Å². The van der Waals surface area contributed by atoms with Crippen LogP contribution < -0.4 is 10.6 Å². The van der Waals surface area contributed by atoms with Crippen LogP contribution in [0.15, 0.2) is 42.6 Å². The Morgan fingerprint density at radius 1 is 0.875 bits per heavy atom. The van der Waals surface area contributed by atoms with Crippen molar-refractivity contribution in [2.45, 2.75) is 6.92 Å². The van der Waals surface area contributed by atoms with Crippen molar-refractivity contribution in [2.75, 3.05) is 10.6 Å². The van der Waals surface area contributed by atoms with Crippen molar-refractivity contribution < 1.29 is 0 Å². The zero-order chi connectivity index (χ0) is 17.1. The quantitative estimate of drug-likeness (QED) is 0.614. The van der Waals surface area contributed by atoms with Crippen molar-refractivity contribution in [1.82, 2.24) is 15.2 Å². The lowest BCUT2D eigenvalue weighted by Gasteiger charge is -2.10. The number of hydrogen-bond acceptors (Lipinski definition) is 5. The SMILES string of the molecule is Cc1ccc(Cl)cc1Nc1cnnc(Nc2ccc(Cl)cc2Cl)n1. The molecule has 0 atom stereocenters. The van der Waals surface area contributed by atoms with E-state index >= 15 is 0 Å². The summed E-state index contributed by atoms with van der Waals surface area (Å²) in [4.78, 5) is 4.37. The molecule has 0 bridgehead atoms. The number of halogens is 3. The minimum absolute atomic E-state index is 0.309. The van der Waals surface area contributed by atoms with Gasteiger partial charge in [0.1, 0.15) is 0 Å². The second-order valence-corrected chi connectivity index (χ2v) is 6.28. The molecule has 0 aliphatic rings. The lowest BCUT2D eigenvalue weighted by atomic mass is 10.2. The fourth-order valence-corrected chi connectivity index (χ4v) is 2.62. The van der Waals surface area contributed by atoms with Crippen molar-refractivity contribution in [1.29, 1.82) is 0 Å². The third-order valence-corrected chi connectivity index (χ3v) is 3.98. The van der Waals surface area contributed by atoms with E-state index < -0.39 is 0 Å². The molecule has 1 aromatic heterocycles. The van der Waals surface area contributed by atoms with Crippen LogP contribution in [0.3, 0.4) is 0 Å². The topological polar surface area (TPSA) is 62.7 Å². The molecular formula is C16H12Cl3N5. The van der Waals surface area contributed by atoms with Crippen LogP contribution in [-0.2, 0) is 0 Å². The average Bonchev–Trinajstić information content (AvgIpc) is 2.54. The van der Waals surface area contributed by atoms with E-state index in [0.29, 0.717) is 32.5 Å². The molecule has 8 heteroatoms. The molecule has 122 valence electrons. The van der Waals surface area contributed by atoms with Crippen LogP contribution in [0.2, 0.25) is 15.1 Å². The van der Waals surface area contributed by atoms with Crippen LogP contribution in [0.25, 0.3) is 0 Å². The van der Waals surface area contributed by atoms with Crippen LogP contribution in [0.4, 0.5) is 23.1 Å². The van der Waals surface area contributed by atoms with E-state index in [1.807, 2.05) is 25.1 Å². The fraction of sp³-hybridized carbons (Fsp3) is 0.0625. The number of rotatable bonds is 4. The Bertz CT molecular complexity index is 885. The summed E-state index contributed by atoms with van der Waals surface area (Å²) in [5.41, 5.74) is 2.52. The minimum Gasteiger partial charge on any atom is -0.339 e. The van der Waals surface area contributed by atoms with Gasteiger partial charge >= 0.3 is 0 Å². The summed E-state index contributed by atoms with van der Waals surface area (Å²) in [5, 5.41) is 15.7. The van der Waals surface area contributed by atoms with Crippen LogP contribution in [0, 0.1) is 6.92 Å². The second kappa shape index (κ2) is 7.21. The maximum absolute atomic E-state index is 6.13. The van der Waals surface area contributed by atoms with E-state index in [4.69, 9.17) is 34.8 Å². The third-order valence-electron chi connectivity index (χ3n) is 3.20. The molecular weight excluding hydrogens is 369 g/mol. The summed E-state index contributed by atoms with van der Waals surface area (Å²) < 4.78 is 0. The van der Waals surface area contributed by atoms with Gasteiger partial charge in [-0.05, 0) is 42.8 Å². The lowest BCUT2D eigenvalue weighted by Crippen LogP contribution is -2.03. The second-order valence-electron chi connectivity index (χ2n) is 5.00. The number of hydrogen-bond donors (Lipinski definition) is 2. The number of nitrogens with one attached hydrogen (secondary N) is 2. The highest BCUT2D eigenvalue weighted by Gasteiger charge is 2.07. The minimum atomic E-state index is 0.309. The van der Waals surface area contributed by atoms with Gasteiger partial charge in [0.05, 0.1) is 16.9 Å². The van der Waals surface area contributed by atoms with Crippen LogP contribution in [0.1, 0.15) is 5.56 Å². The van der Waals surface area contributed by atoms with E-state index in [9.17, 15) is 0 Å². The Morgan fingerprint density at radius 3 is 2.42 bits per heavy atom. The first-order valence-corrected chi connectivity index (χ1v) is 8.09. The van der Waals surface area contributed by atoms with Crippen LogP contribution in [0.5, 0.6) is 0 Å². The molecule has 0 spiro atoms. The maximum atomic E-state index is 6.13. The molecule has 0 aliphatic carbocycles. The lowest BCUT2D eigenvalue weighted by molar-refractivity contribution is 0.982. The number of aromatic nitrogens is 3. The zero-order valence-electron chi connectivity index (χ0n) is 12.5. The molecule has 0 radical (unpaired) electrons. The first-order valence-electron chi connectivity index (χ1n) is 6.96. The zero-order valence-corrected chi connectivity index (χ0v) is 14.8. The molecule has 0 aliphatic heterocycles. The van der Waals surface area contributed by atoms with Crippen LogP contribution in [-0.4, -0.2) is 15.2 Å². The highest BCUT2D eigenvalue weighted by atomic mass is 35.5. The van der Waals surface area contributed by atoms with Gasteiger partial charge in [0.25, 0.3) is 0 Å². The Kier molecular flexibility index (Phi) is 5.04. The molecule has 2 aromatic carbocycles. The van der Waals surface area contributed by atoms with Gasteiger partial charge in [0.15, 0.2) is 5.82 Å². The molecule has 0 saturated heterocycles. The fourth-order valence-electron chi connectivity index (χ4n) is 1.99. The number of nitrogens with zero attached hydrogens (tertiary/aromatic N) is 3. The highest BCUT2D eigenvalue weighted by Crippen LogP contribution is 2.28. The third kappa shape index (κ3) is 4.06. The maximum Gasteiger partial charge on any atom is 0.249 e. The van der Waals surface area contributed by atoms with Crippen molar-refractivity contribution in [3.8, 4) is 0 Å². The molecule has 1 heterocycles. The largest absolute Gasteiger partial charge is 0.339 e. The van der Waals surface area contributed by atoms with E-state index in [-0.39, 0.29) is 0 Å². The van der Waals surface area contributed by atoms with Gasteiger partial charge in [0.2, 0.25) is 5.95 Å². The van der Waals surface area contributed by atoms with Gasteiger partial charge in [-0.3, -0.25) is 0 Å². The van der Waals surface area contributed by atoms with Gasteiger partial charge in [-0.25, -0.2) is 0 Å². The Labute approximate surface area is 154 Å². The van der Waals surface area contributed by atoms with Crippen molar-refractivity contribution >= 4 is 57.9 Å². The molecule has 3 rings (SSSR count). The Hall–Kier alpha value is -2.08. The summed E-state index contributed by atoms with van der Waals surface area (Å²) in [6, 6.07) is 10.7. The summed E-state index contributed by atoms with van der Waals surface area (Å²) in [5.74, 6) is 0.840. The molecule has 2 N–H and O–H groups in total. The van der Waals surface area contributed by atoms with Gasteiger partial charge in [-0.2, -0.15) is 10.1 Å². The molecule has 0 fully saturated rings. The number of aryl methyl sites for hydroxylation is 1. The van der Waals surface area contributed by atoms with Gasteiger partial charge < -0.3 is 10.6 Å². The Balaban J connectivity index is 1.82. The number of benzene rings is 2. The molecule has 3 aromatic rings. The smallest absolute Gasteiger partial charge is 0.249 e. The predicted molar refractivity (Wildman–Crippen MR) is 99.0 cm³/mol. The van der Waals surface area contributed by atoms with Gasteiger partial charge in [0, 0.05) is 15.7 Å². The molecule has 24 heavy (non-hydrogen) atoms. The van der Waals surface area contributed by atoms with E-state index in [2.05, 4.69) is 25.8 Å². The molecule has 0 amide bonds. The van der Waals surface area contributed by atoms with E-state index in [1.54, 1.807) is 18.2 Å². The standard InChI is InChI=1S/C16H12Cl3N5/c1-9-2-3-11(18)7-14(9)21-15-8-20-24-16(23-15)22-13-5-4-10(17)6-12(13)19/h2-8H,1H3,(H2,21,22,23,24). The summed E-state index contributed by atoms with van der Waals surface area (Å²) in [6.45, 7) is 1.97. The monoisotopic (exact) mass is 379 g/mol. The summed E-state index contributed by atoms with van der Waals surface area (Å²) >= 11 is 18.0. The Morgan fingerprint density at radius 2 is 1.62 bits per heavy atom. The summed E-state index contributed by atoms with van der Waals surface area (Å²) in [7, 11) is 0. The number of anilines is 4. The molecule has 0 unspecified atom stereocenters. The molecule has 0 saturated carbocycles. The highest BCUT2D eigenvalue weighted by molar-refractivity contribution is 6.36. The first-order chi connectivity index (χ1) is 11.5. The van der Waals surface area contributed by atoms with Gasteiger partial charge in [-0.15, -0.1) is 5.10 Å². The van der Waals surface area contributed by atoms with Crippen molar-refractivity contribution in [2.24, 2.45) is 0 Å². The van der Waals surface area contributed by atoms with Crippen LogP contribution >= 0.6 is 34.8 Å².